The molecule has 0 aromatic carbocycles. The van der Waals surface area contributed by atoms with Crippen LogP contribution in [0.25, 0.3) is 0 Å². The summed E-state index contributed by atoms with van der Waals surface area (Å²) in [5, 5.41) is 8.77. The molecule has 1 heterocycles. The zero-order valence-electron chi connectivity index (χ0n) is 12.1. The van der Waals surface area contributed by atoms with Crippen molar-refractivity contribution >= 4 is 17.6 Å². The highest BCUT2D eigenvalue weighted by Gasteiger charge is 2.26. The van der Waals surface area contributed by atoms with Crippen LogP contribution in [-0.4, -0.2) is 39.0 Å². The number of aromatic nitrogens is 1. The minimum Gasteiger partial charge on any atom is -0.481 e. The highest BCUT2D eigenvalue weighted by Crippen LogP contribution is 2.16. The second kappa shape index (κ2) is 6.36. The van der Waals surface area contributed by atoms with E-state index in [1.165, 1.54) is 6.20 Å². The smallest absolute Gasteiger partial charge is 0.305 e. The predicted octanol–water partition coefficient (Wildman–Crippen LogP) is 1.31. The van der Waals surface area contributed by atoms with Crippen molar-refractivity contribution in [3.8, 4) is 0 Å². The molecule has 0 radical (unpaired) electrons. The molecule has 3 N–H and O–H groups in total. The first-order valence-corrected chi connectivity index (χ1v) is 6.43. The van der Waals surface area contributed by atoms with E-state index in [4.69, 9.17) is 10.8 Å². The van der Waals surface area contributed by atoms with Crippen molar-refractivity contribution in [1.82, 2.24) is 9.88 Å². The molecule has 0 aliphatic carbocycles. The van der Waals surface area contributed by atoms with E-state index in [9.17, 15) is 9.59 Å². The van der Waals surface area contributed by atoms with Gasteiger partial charge in [0.1, 0.15) is 0 Å². The molecule has 0 spiro atoms. The number of carbonyl (C=O) groups excluding carboxylic acids is 1. The molecule has 20 heavy (non-hydrogen) atoms. The summed E-state index contributed by atoms with van der Waals surface area (Å²) in [6.45, 7) is 5.82. The van der Waals surface area contributed by atoms with E-state index in [-0.39, 0.29) is 25.3 Å². The molecule has 0 aliphatic heterocycles. The van der Waals surface area contributed by atoms with Gasteiger partial charge in [-0.1, -0.05) is 0 Å². The Balaban J connectivity index is 2.77. The van der Waals surface area contributed by atoms with Gasteiger partial charge >= 0.3 is 5.97 Å². The number of carbonyl (C=O) groups is 2. The van der Waals surface area contributed by atoms with Crippen molar-refractivity contribution in [1.29, 1.82) is 0 Å². The Kier molecular flexibility index (Phi) is 5.07. The topological polar surface area (TPSA) is 96.5 Å². The molecule has 0 unspecified atom stereocenters. The standard InChI is InChI=1S/C14H21N3O3/c1-14(2,3)17(7-6-13(19)20)12(18)8-11-5-4-10(15)9-16-11/h4-5,9H,6-8,15H2,1-3H3,(H,19,20). The van der Waals surface area contributed by atoms with Crippen molar-refractivity contribution in [3.63, 3.8) is 0 Å². The van der Waals surface area contributed by atoms with Crippen molar-refractivity contribution in [3.05, 3.63) is 24.0 Å². The maximum atomic E-state index is 12.3. The van der Waals surface area contributed by atoms with Gasteiger partial charge in [0.25, 0.3) is 0 Å². The molecule has 1 aromatic heterocycles. The third-order valence-corrected chi connectivity index (χ3v) is 2.84. The summed E-state index contributed by atoms with van der Waals surface area (Å²) in [7, 11) is 0. The highest BCUT2D eigenvalue weighted by molar-refractivity contribution is 5.79. The Morgan fingerprint density at radius 3 is 2.45 bits per heavy atom. The Morgan fingerprint density at radius 2 is 2.00 bits per heavy atom. The molecule has 0 saturated heterocycles. The van der Waals surface area contributed by atoms with E-state index in [0.717, 1.165) is 0 Å². The van der Waals surface area contributed by atoms with Crippen LogP contribution in [-0.2, 0) is 16.0 Å². The molecule has 0 saturated carbocycles. The van der Waals surface area contributed by atoms with Crippen LogP contribution in [0, 0.1) is 0 Å². The lowest BCUT2D eigenvalue weighted by molar-refractivity contribution is -0.140. The Morgan fingerprint density at radius 1 is 1.35 bits per heavy atom. The zero-order valence-corrected chi connectivity index (χ0v) is 12.1. The number of carboxylic acids is 1. The summed E-state index contributed by atoms with van der Waals surface area (Å²) in [6.07, 6.45) is 1.57. The van der Waals surface area contributed by atoms with E-state index in [1.807, 2.05) is 20.8 Å². The Labute approximate surface area is 118 Å². The number of pyridine rings is 1. The molecular weight excluding hydrogens is 258 g/mol. The Bertz CT molecular complexity index is 477. The van der Waals surface area contributed by atoms with Crippen LogP contribution in [0.4, 0.5) is 5.69 Å². The van der Waals surface area contributed by atoms with Gasteiger partial charge < -0.3 is 15.7 Å². The van der Waals surface area contributed by atoms with Crippen LogP contribution < -0.4 is 5.73 Å². The maximum Gasteiger partial charge on any atom is 0.305 e. The van der Waals surface area contributed by atoms with Crippen LogP contribution in [0.2, 0.25) is 0 Å². The molecule has 0 atom stereocenters. The molecule has 0 bridgehead atoms. The van der Waals surface area contributed by atoms with Gasteiger partial charge in [-0.3, -0.25) is 14.6 Å². The lowest BCUT2D eigenvalue weighted by Crippen LogP contribution is -2.47. The fraction of sp³-hybridized carbons (Fsp3) is 0.500. The molecule has 1 amide bonds. The molecule has 110 valence electrons. The van der Waals surface area contributed by atoms with Crippen molar-refractivity contribution in [2.24, 2.45) is 0 Å². The van der Waals surface area contributed by atoms with E-state index in [0.29, 0.717) is 11.4 Å². The maximum absolute atomic E-state index is 12.3. The van der Waals surface area contributed by atoms with E-state index >= 15 is 0 Å². The average Bonchev–Trinajstić information content (AvgIpc) is 2.30. The number of hydrogen-bond acceptors (Lipinski definition) is 4. The summed E-state index contributed by atoms with van der Waals surface area (Å²) >= 11 is 0. The molecule has 0 aliphatic rings. The average molecular weight is 279 g/mol. The van der Waals surface area contributed by atoms with Crippen LogP contribution in [0.5, 0.6) is 0 Å². The van der Waals surface area contributed by atoms with Crippen LogP contribution >= 0.6 is 0 Å². The second-order valence-corrected chi connectivity index (χ2v) is 5.62. The minimum absolute atomic E-state index is 0.0713. The van der Waals surface area contributed by atoms with E-state index in [1.54, 1.807) is 17.0 Å². The van der Waals surface area contributed by atoms with E-state index < -0.39 is 11.5 Å². The van der Waals surface area contributed by atoms with Crippen LogP contribution in [0.15, 0.2) is 18.3 Å². The quantitative estimate of drug-likeness (QED) is 0.847. The second-order valence-electron chi connectivity index (χ2n) is 5.62. The first-order valence-electron chi connectivity index (χ1n) is 6.43. The molecule has 6 heteroatoms. The van der Waals surface area contributed by atoms with Gasteiger partial charge in [-0.05, 0) is 32.9 Å². The normalized spacial score (nSPS) is 11.2. The number of carboxylic acid groups (broad SMARTS) is 1. The zero-order chi connectivity index (χ0) is 15.3. The monoisotopic (exact) mass is 279 g/mol. The van der Waals surface area contributed by atoms with Crippen LogP contribution in [0.1, 0.15) is 32.9 Å². The van der Waals surface area contributed by atoms with Crippen molar-refractivity contribution in [2.75, 3.05) is 12.3 Å². The molecule has 1 aromatic rings. The summed E-state index contributed by atoms with van der Waals surface area (Å²) in [6, 6.07) is 3.39. The van der Waals surface area contributed by atoms with Crippen molar-refractivity contribution in [2.45, 2.75) is 39.2 Å². The third kappa shape index (κ3) is 4.87. The number of aliphatic carboxylic acids is 1. The summed E-state index contributed by atoms with van der Waals surface area (Å²) in [5.74, 6) is -1.06. The van der Waals surface area contributed by atoms with Gasteiger partial charge in [-0.15, -0.1) is 0 Å². The van der Waals surface area contributed by atoms with Gasteiger partial charge in [-0.2, -0.15) is 0 Å². The van der Waals surface area contributed by atoms with Gasteiger partial charge in [-0.25, -0.2) is 0 Å². The van der Waals surface area contributed by atoms with E-state index in [2.05, 4.69) is 4.98 Å². The van der Waals surface area contributed by atoms with Crippen molar-refractivity contribution < 1.29 is 14.7 Å². The van der Waals surface area contributed by atoms with Gasteiger partial charge in [0.2, 0.25) is 5.91 Å². The van der Waals surface area contributed by atoms with Gasteiger partial charge in [0.15, 0.2) is 0 Å². The molecule has 0 fully saturated rings. The number of amides is 1. The lowest BCUT2D eigenvalue weighted by Gasteiger charge is -2.35. The SMILES string of the molecule is CC(C)(C)N(CCC(=O)O)C(=O)Cc1ccc(N)cn1. The number of nitrogens with zero attached hydrogens (tertiary/aromatic N) is 2. The first kappa shape index (κ1) is 15.9. The number of nitrogen functional groups attached to an aromatic ring is 1. The predicted molar refractivity (Wildman–Crippen MR) is 76.1 cm³/mol. The number of nitrogens with two attached hydrogens (primary N) is 1. The fourth-order valence-corrected chi connectivity index (χ4v) is 1.83. The number of hydrogen-bond donors (Lipinski definition) is 2. The fourth-order valence-electron chi connectivity index (χ4n) is 1.83. The summed E-state index contributed by atoms with van der Waals surface area (Å²) in [5.41, 5.74) is 6.27. The van der Waals surface area contributed by atoms with Gasteiger partial charge in [0, 0.05) is 17.8 Å². The largest absolute Gasteiger partial charge is 0.481 e. The van der Waals surface area contributed by atoms with Gasteiger partial charge in [0.05, 0.1) is 24.7 Å². The lowest BCUT2D eigenvalue weighted by atomic mass is 10.0. The number of anilines is 1. The van der Waals surface area contributed by atoms with Crippen LogP contribution in [0.3, 0.4) is 0 Å². The summed E-state index contributed by atoms with van der Waals surface area (Å²) < 4.78 is 0. The number of rotatable bonds is 5. The molecule has 1 rings (SSSR count). The summed E-state index contributed by atoms with van der Waals surface area (Å²) in [4.78, 5) is 28.7. The molecule has 6 nitrogen and oxygen atoms in total. The Hall–Kier alpha value is -2.11. The minimum atomic E-state index is -0.919. The first-order chi connectivity index (χ1) is 9.20. The third-order valence-electron chi connectivity index (χ3n) is 2.84. The highest BCUT2D eigenvalue weighted by atomic mass is 16.4. The molecular formula is C14H21N3O3.